The topological polar surface area (TPSA) is 56.8 Å². The van der Waals surface area contributed by atoms with Gasteiger partial charge >= 0.3 is 5.97 Å². The number of hydrogen-bond donors (Lipinski definition) is 1. The van der Waals surface area contributed by atoms with Crippen LogP contribution in [0.2, 0.25) is 0 Å². The molecule has 1 aromatic rings. The fourth-order valence-electron chi connectivity index (χ4n) is 1.74. The Kier molecular flexibility index (Phi) is 2.83. The smallest absolute Gasteiger partial charge is 0.334 e. The Hall–Kier alpha value is -1.91. The molecule has 0 saturated heterocycles. The lowest BCUT2D eigenvalue weighted by atomic mass is 10.0. The molecule has 17 heavy (non-hydrogen) atoms. The number of nitrogens with one attached hydrogen (secondary N) is 1. The molecule has 1 unspecified atom stereocenters. The van der Waals surface area contributed by atoms with Crippen LogP contribution in [0.3, 0.4) is 0 Å². The lowest BCUT2D eigenvalue weighted by molar-refractivity contribution is -0.146. The maximum atomic E-state index is 11.6. The van der Waals surface area contributed by atoms with Crippen molar-refractivity contribution < 1.29 is 19.0 Å². The van der Waals surface area contributed by atoms with Crippen molar-refractivity contribution in [3.63, 3.8) is 0 Å². The number of benzene rings is 1. The van der Waals surface area contributed by atoms with E-state index < -0.39 is 5.54 Å². The summed E-state index contributed by atoms with van der Waals surface area (Å²) < 4.78 is 15.4. The summed E-state index contributed by atoms with van der Waals surface area (Å²) in [5.74, 6) is 1.04. The van der Waals surface area contributed by atoms with E-state index in [0.29, 0.717) is 11.5 Å². The van der Waals surface area contributed by atoms with Crippen LogP contribution in [0.5, 0.6) is 11.5 Å². The Morgan fingerprint density at radius 1 is 1.47 bits per heavy atom. The van der Waals surface area contributed by atoms with Gasteiger partial charge in [-0.15, -0.1) is 0 Å². The van der Waals surface area contributed by atoms with Crippen molar-refractivity contribution in [1.29, 1.82) is 0 Å². The number of anilines is 1. The molecule has 1 N–H and O–H groups in total. The molecule has 1 atom stereocenters. The minimum absolute atomic E-state index is 0.222. The van der Waals surface area contributed by atoms with E-state index in [0.717, 1.165) is 5.69 Å². The van der Waals surface area contributed by atoms with Crippen molar-refractivity contribution >= 4 is 11.7 Å². The van der Waals surface area contributed by atoms with Crippen LogP contribution in [0.4, 0.5) is 5.69 Å². The number of carbonyl (C=O) groups excluding carboxylic acids is 1. The largest absolute Gasteiger partial charge is 0.497 e. The lowest BCUT2D eigenvalue weighted by Crippen LogP contribution is -2.51. The quantitative estimate of drug-likeness (QED) is 0.788. The predicted octanol–water partition coefficient (Wildman–Crippen LogP) is 1.43. The van der Waals surface area contributed by atoms with Gasteiger partial charge < -0.3 is 19.5 Å². The van der Waals surface area contributed by atoms with Gasteiger partial charge in [0.05, 0.1) is 19.9 Å². The number of carbonyl (C=O) groups is 1. The highest BCUT2D eigenvalue weighted by Crippen LogP contribution is 2.35. The number of esters is 1. The van der Waals surface area contributed by atoms with Crippen molar-refractivity contribution in [2.75, 3.05) is 26.1 Å². The first-order valence-electron chi connectivity index (χ1n) is 5.26. The molecule has 0 radical (unpaired) electrons. The van der Waals surface area contributed by atoms with Crippen LogP contribution in [0.1, 0.15) is 6.92 Å². The van der Waals surface area contributed by atoms with E-state index in [2.05, 4.69) is 5.32 Å². The third kappa shape index (κ3) is 2.00. The maximum absolute atomic E-state index is 11.6. The standard InChI is InChI=1S/C12H15NO4/c1-12(11(14)16-3)7-17-10-6-8(15-2)4-5-9(10)13-12/h4-6,13H,7H2,1-3H3. The molecule has 1 aromatic carbocycles. The van der Waals surface area contributed by atoms with Crippen molar-refractivity contribution in [2.24, 2.45) is 0 Å². The van der Waals surface area contributed by atoms with E-state index in [1.165, 1.54) is 7.11 Å². The fraction of sp³-hybridized carbons (Fsp3) is 0.417. The molecule has 1 aliphatic rings. The van der Waals surface area contributed by atoms with Gasteiger partial charge in [-0.3, -0.25) is 0 Å². The van der Waals surface area contributed by atoms with Gasteiger partial charge in [0.1, 0.15) is 18.1 Å². The average Bonchev–Trinajstić information content (AvgIpc) is 2.37. The number of hydrogen-bond acceptors (Lipinski definition) is 5. The molecule has 0 aromatic heterocycles. The van der Waals surface area contributed by atoms with Gasteiger partial charge in [0.25, 0.3) is 0 Å². The van der Waals surface area contributed by atoms with Crippen LogP contribution >= 0.6 is 0 Å². The molecule has 0 aliphatic carbocycles. The van der Waals surface area contributed by atoms with Crippen molar-refractivity contribution in [3.05, 3.63) is 18.2 Å². The third-order valence-electron chi connectivity index (χ3n) is 2.75. The van der Waals surface area contributed by atoms with Crippen LogP contribution in [0, 0.1) is 0 Å². The lowest BCUT2D eigenvalue weighted by Gasteiger charge is -2.34. The zero-order valence-corrected chi connectivity index (χ0v) is 10.1. The molecule has 5 heteroatoms. The Morgan fingerprint density at radius 2 is 2.24 bits per heavy atom. The minimum atomic E-state index is -0.851. The zero-order valence-electron chi connectivity index (χ0n) is 10.1. The second-order valence-electron chi connectivity index (χ2n) is 4.10. The first-order chi connectivity index (χ1) is 8.09. The first-order valence-corrected chi connectivity index (χ1v) is 5.26. The second kappa shape index (κ2) is 4.16. The molecule has 1 aliphatic heterocycles. The van der Waals surface area contributed by atoms with Gasteiger partial charge in [-0.2, -0.15) is 0 Å². The van der Waals surface area contributed by atoms with Gasteiger partial charge in [-0.05, 0) is 19.1 Å². The number of fused-ring (bicyclic) bond motifs is 1. The predicted molar refractivity (Wildman–Crippen MR) is 62.5 cm³/mol. The minimum Gasteiger partial charge on any atom is -0.497 e. The molecule has 0 spiro atoms. The number of ether oxygens (including phenoxy) is 3. The molecule has 1 heterocycles. The normalized spacial score (nSPS) is 21.8. The Bertz CT molecular complexity index is 446. The molecular formula is C12H15NO4. The van der Waals surface area contributed by atoms with Crippen LogP contribution in [-0.2, 0) is 9.53 Å². The molecule has 0 saturated carbocycles. The fourth-order valence-corrected chi connectivity index (χ4v) is 1.74. The van der Waals surface area contributed by atoms with E-state index >= 15 is 0 Å². The molecule has 92 valence electrons. The van der Waals surface area contributed by atoms with E-state index in [4.69, 9.17) is 14.2 Å². The van der Waals surface area contributed by atoms with Crippen molar-refractivity contribution in [3.8, 4) is 11.5 Å². The molecule has 2 rings (SSSR count). The third-order valence-corrected chi connectivity index (χ3v) is 2.75. The number of methoxy groups -OCH3 is 2. The van der Waals surface area contributed by atoms with E-state index in [-0.39, 0.29) is 12.6 Å². The summed E-state index contributed by atoms with van der Waals surface area (Å²) >= 11 is 0. The van der Waals surface area contributed by atoms with Crippen molar-refractivity contribution in [1.82, 2.24) is 0 Å². The second-order valence-corrected chi connectivity index (χ2v) is 4.10. The van der Waals surface area contributed by atoms with Gasteiger partial charge in [-0.25, -0.2) is 4.79 Å². The summed E-state index contributed by atoms with van der Waals surface area (Å²) in [5, 5.41) is 3.12. The summed E-state index contributed by atoms with van der Waals surface area (Å²) in [5.41, 5.74) is -0.0963. The van der Waals surface area contributed by atoms with Gasteiger partial charge in [0.2, 0.25) is 0 Å². The van der Waals surface area contributed by atoms with E-state index in [9.17, 15) is 4.79 Å². The first kappa shape index (κ1) is 11.6. The van der Waals surface area contributed by atoms with Gasteiger partial charge in [0, 0.05) is 6.07 Å². The molecule has 0 amide bonds. The SMILES string of the molecule is COC(=O)C1(C)COc2cc(OC)ccc2N1. The summed E-state index contributed by atoms with van der Waals surface area (Å²) in [7, 11) is 2.95. The summed E-state index contributed by atoms with van der Waals surface area (Å²) in [6.07, 6.45) is 0. The van der Waals surface area contributed by atoms with Crippen LogP contribution in [0.15, 0.2) is 18.2 Å². The highest BCUT2D eigenvalue weighted by Gasteiger charge is 2.39. The zero-order chi connectivity index (χ0) is 12.5. The highest BCUT2D eigenvalue weighted by molar-refractivity contribution is 5.86. The number of rotatable bonds is 2. The summed E-state index contributed by atoms with van der Waals surface area (Å²) in [6.45, 7) is 1.96. The maximum Gasteiger partial charge on any atom is 0.334 e. The van der Waals surface area contributed by atoms with Gasteiger partial charge in [0.15, 0.2) is 5.54 Å². The van der Waals surface area contributed by atoms with Gasteiger partial charge in [-0.1, -0.05) is 0 Å². The highest BCUT2D eigenvalue weighted by atomic mass is 16.5. The summed E-state index contributed by atoms with van der Waals surface area (Å²) in [4.78, 5) is 11.6. The molecular weight excluding hydrogens is 222 g/mol. The van der Waals surface area contributed by atoms with Crippen molar-refractivity contribution in [2.45, 2.75) is 12.5 Å². The molecule has 0 bridgehead atoms. The van der Waals surface area contributed by atoms with E-state index in [1.54, 1.807) is 26.2 Å². The van der Waals surface area contributed by atoms with Crippen LogP contribution in [-0.4, -0.2) is 32.3 Å². The Balaban J connectivity index is 2.28. The Labute approximate surface area is 99.7 Å². The van der Waals surface area contributed by atoms with E-state index in [1.807, 2.05) is 6.07 Å². The molecule has 0 fully saturated rings. The average molecular weight is 237 g/mol. The monoisotopic (exact) mass is 237 g/mol. The Morgan fingerprint density at radius 3 is 2.88 bits per heavy atom. The van der Waals surface area contributed by atoms with Crippen LogP contribution < -0.4 is 14.8 Å². The molecule has 5 nitrogen and oxygen atoms in total. The van der Waals surface area contributed by atoms with Crippen LogP contribution in [0.25, 0.3) is 0 Å². The summed E-state index contributed by atoms with van der Waals surface area (Å²) in [6, 6.07) is 5.39.